The van der Waals surface area contributed by atoms with Crippen molar-refractivity contribution in [3.8, 4) is 0 Å². The van der Waals surface area contributed by atoms with E-state index in [0.29, 0.717) is 6.61 Å². The lowest BCUT2D eigenvalue weighted by Crippen LogP contribution is -2.02. The highest BCUT2D eigenvalue weighted by molar-refractivity contribution is 6.30. The Kier molecular flexibility index (Phi) is 5.84. The highest BCUT2D eigenvalue weighted by Crippen LogP contribution is 2.22. The van der Waals surface area contributed by atoms with Crippen molar-refractivity contribution in [1.82, 2.24) is 0 Å². The van der Waals surface area contributed by atoms with Crippen LogP contribution in [-0.2, 0) is 11.3 Å². The van der Waals surface area contributed by atoms with Gasteiger partial charge < -0.3 is 4.74 Å². The van der Waals surface area contributed by atoms with E-state index in [1.807, 2.05) is 60.7 Å². The zero-order valence-electron chi connectivity index (χ0n) is 13.3. The van der Waals surface area contributed by atoms with E-state index in [0.717, 1.165) is 21.7 Å². The van der Waals surface area contributed by atoms with Gasteiger partial charge >= 0.3 is 0 Å². The first-order valence-corrected chi connectivity index (χ1v) is 8.33. The van der Waals surface area contributed by atoms with Crippen molar-refractivity contribution in [2.45, 2.75) is 12.7 Å². The third kappa shape index (κ3) is 4.82. The average molecular weight is 335 g/mol. The lowest BCUT2D eigenvalue weighted by molar-refractivity contribution is 0.0723. The molecule has 2 heteroatoms. The van der Waals surface area contributed by atoms with Gasteiger partial charge in [0.15, 0.2) is 0 Å². The third-order valence-corrected chi connectivity index (χ3v) is 3.99. The summed E-state index contributed by atoms with van der Waals surface area (Å²) in [6, 6.07) is 28.3. The highest BCUT2D eigenvalue weighted by Gasteiger charge is 2.08. The quantitative estimate of drug-likeness (QED) is 0.513. The third-order valence-electron chi connectivity index (χ3n) is 3.73. The molecule has 0 bridgehead atoms. The minimum Gasteiger partial charge on any atom is -0.365 e. The first kappa shape index (κ1) is 16.5. The molecular weight excluding hydrogens is 316 g/mol. The van der Waals surface area contributed by atoms with Crippen LogP contribution in [0.15, 0.2) is 91.0 Å². The van der Waals surface area contributed by atoms with Crippen molar-refractivity contribution in [2.75, 3.05) is 0 Å². The van der Waals surface area contributed by atoms with Crippen molar-refractivity contribution in [3.63, 3.8) is 0 Å². The molecule has 1 nitrogen and oxygen atoms in total. The molecule has 3 aromatic carbocycles. The largest absolute Gasteiger partial charge is 0.365 e. The number of benzene rings is 3. The maximum Gasteiger partial charge on any atom is 0.101 e. The van der Waals surface area contributed by atoms with Gasteiger partial charge in [-0.2, -0.15) is 0 Å². The number of halogens is 1. The van der Waals surface area contributed by atoms with Crippen molar-refractivity contribution in [1.29, 1.82) is 0 Å². The van der Waals surface area contributed by atoms with Crippen molar-refractivity contribution < 1.29 is 4.74 Å². The highest BCUT2D eigenvalue weighted by atomic mass is 35.5. The SMILES string of the molecule is Clc1ccc(CO[C@@H](/C=C/c2ccccc2)c2ccccc2)cc1. The van der Waals surface area contributed by atoms with E-state index in [1.54, 1.807) is 0 Å². The normalized spacial score (nSPS) is 12.4. The van der Waals surface area contributed by atoms with Crippen LogP contribution in [0.3, 0.4) is 0 Å². The molecule has 0 fully saturated rings. The van der Waals surface area contributed by atoms with E-state index < -0.39 is 0 Å². The van der Waals surface area contributed by atoms with E-state index in [9.17, 15) is 0 Å². The van der Waals surface area contributed by atoms with Gasteiger partial charge in [-0.25, -0.2) is 0 Å². The summed E-state index contributed by atoms with van der Waals surface area (Å²) in [5.74, 6) is 0. The molecule has 3 rings (SSSR count). The van der Waals surface area contributed by atoms with Crippen LogP contribution in [0.1, 0.15) is 22.8 Å². The van der Waals surface area contributed by atoms with Crippen molar-refractivity contribution in [2.24, 2.45) is 0 Å². The second-order valence-electron chi connectivity index (χ2n) is 5.54. The maximum atomic E-state index is 6.15. The van der Waals surface area contributed by atoms with Gasteiger partial charge in [0.25, 0.3) is 0 Å². The monoisotopic (exact) mass is 334 g/mol. The Morgan fingerprint density at radius 1 is 0.792 bits per heavy atom. The van der Waals surface area contributed by atoms with Crippen LogP contribution in [0, 0.1) is 0 Å². The number of rotatable bonds is 6. The Morgan fingerprint density at radius 2 is 1.42 bits per heavy atom. The first-order chi connectivity index (χ1) is 11.8. The van der Waals surface area contributed by atoms with Crippen LogP contribution in [0.4, 0.5) is 0 Å². The molecule has 1 atom stereocenters. The average Bonchev–Trinajstić information content (AvgIpc) is 2.65. The molecule has 0 aliphatic heterocycles. The van der Waals surface area contributed by atoms with Gasteiger partial charge in [0.1, 0.15) is 6.10 Å². The van der Waals surface area contributed by atoms with Crippen molar-refractivity contribution >= 4 is 17.7 Å². The summed E-state index contributed by atoms with van der Waals surface area (Å²) < 4.78 is 6.15. The molecule has 0 aliphatic carbocycles. The lowest BCUT2D eigenvalue weighted by atomic mass is 10.1. The molecule has 0 aromatic heterocycles. The molecule has 24 heavy (non-hydrogen) atoms. The summed E-state index contributed by atoms with van der Waals surface area (Å²) in [6.07, 6.45) is 4.10. The van der Waals surface area contributed by atoms with Gasteiger partial charge in [-0.1, -0.05) is 96.5 Å². The van der Waals surface area contributed by atoms with Crippen LogP contribution < -0.4 is 0 Å². The second kappa shape index (κ2) is 8.49. The molecule has 0 unspecified atom stereocenters. The summed E-state index contributed by atoms with van der Waals surface area (Å²) in [5.41, 5.74) is 3.40. The zero-order chi connectivity index (χ0) is 16.6. The smallest absolute Gasteiger partial charge is 0.101 e. The molecule has 0 N–H and O–H groups in total. The van der Waals surface area contributed by atoms with Crippen molar-refractivity contribution in [3.05, 3.63) is 113 Å². The van der Waals surface area contributed by atoms with Gasteiger partial charge in [-0.15, -0.1) is 0 Å². The van der Waals surface area contributed by atoms with Crippen LogP contribution in [0.2, 0.25) is 5.02 Å². The minimum absolute atomic E-state index is 0.0953. The Bertz CT molecular complexity index is 764. The van der Waals surface area contributed by atoms with Crippen LogP contribution in [0.5, 0.6) is 0 Å². The molecule has 0 aliphatic rings. The molecule has 0 amide bonds. The number of ether oxygens (including phenoxy) is 1. The standard InChI is InChI=1S/C22H19ClO/c23-21-14-11-19(12-15-21)17-24-22(20-9-5-2-6-10-20)16-13-18-7-3-1-4-8-18/h1-16,22H,17H2/b16-13+/t22-/m0/s1. The lowest BCUT2D eigenvalue weighted by Gasteiger charge is -2.15. The molecule has 0 heterocycles. The molecule has 3 aromatic rings. The molecule has 0 spiro atoms. The predicted molar refractivity (Wildman–Crippen MR) is 101 cm³/mol. The fourth-order valence-electron chi connectivity index (χ4n) is 2.43. The van der Waals surface area contributed by atoms with E-state index in [2.05, 4.69) is 36.4 Å². The Morgan fingerprint density at radius 3 is 2.08 bits per heavy atom. The van der Waals surface area contributed by atoms with Gasteiger partial charge in [-0.3, -0.25) is 0 Å². The fourth-order valence-corrected chi connectivity index (χ4v) is 2.56. The summed E-state index contributed by atoms with van der Waals surface area (Å²) in [5, 5.41) is 0.738. The maximum absolute atomic E-state index is 6.15. The Labute approximate surface area is 148 Å². The molecule has 120 valence electrons. The molecule has 0 radical (unpaired) electrons. The summed E-state index contributed by atoms with van der Waals surface area (Å²) in [6.45, 7) is 0.538. The first-order valence-electron chi connectivity index (χ1n) is 7.95. The van der Waals surface area contributed by atoms with Crippen LogP contribution in [-0.4, -0.2) is 0 Å². The van der Waals surface area contributed by atoms with Gasteiger partial charge in [0.05, 0.1) is 6.61 Å². The summed E-state index contributed by atoms with van der Waals surface area (Å²) in [4.78, 5) is 0. The van der Waals surface area contributed by atoms with Gasteiger partial charge in [0, 0.05) is 5.02 Å². The zero-order valence-corrected chi connectivity index (χ0v) is 14.1. The topological polar surface area (TPSA) is 9.23 Å². The molecule has 0 saturated carbocycles. The van der Waals surface area contributed by atoms with E-state index in [4.69, 9.17) is 16.3 Å². The van der Waals surface area contributed by atoms with Gasteiger partial charge in [0.2, 0.25) is 0 Å². The van der Waals surface area contributed by atoms with Gasteiger partial charge in [-0.05, 0) is 28.8 Å². The molecular formula is C22H19ClO. The Balaban J connectivity index is 1.75. The van der Waals surface area contributed by atoms with E-state index >= 15 is 0 Å². The molecule has 0 saturated heterocycles. The minimum atomic E-state index is -0.0953. The Hall–Kier alpha value is -2.35. The predicted octanol–water partition coefficient (Wildman–Crippen LogP) is 6.31. The summed E-state index contributed by atoms with van der Waals surface area (Å²) >= 11 is 5.94. The van der Waals surface area contributed by atoms with Crippen LogP contribution in [0.25, 0.3) is 6.08 Å². The number of hydrogen-bond donors (Lipinski definition) is 0. The van der Waals surface area contributed by atoms with Crippen LogP contribution >= 0.6 is 11.6 Å². The summed E-state index contributed by atoms with van der Waals surface area (Å²) in [7, 11) is 0. The van der Waals surface area contributed by atoms with E-state index in [-0.39, 0.29) is 6.10 Å². The number of hydrogen-bond acceptors (Lipinski definition) is 1. The van der Waals surface area contributed by atoms with E-state index in [1.165, 1.54) is 0 Å². The fraction of sp³-hybridized carbons (Fsp3) is 0.0909. The second-order valence-corrected chi connectivity index (χ2v) is 5.97.